The zero-order valence-electron chi connectivity index (χ0n) is 16.4. The molecule has 0 atom stereocenters. The van der Waals surface area contributed by atoms with Gasteiger partial charge in [-0.1, -0.05) is 24.6 Å². The highest BCUT2D eigenvalue weighted by Crippen LogP contribution is 2.45. The first-order valence-electron chi connectivity index (χ1n) is 9.59. The number of rotatable bonds is 7. The van der Waals surface area contributed by atoms with Crippen LogP contribution in [0.2, 0.25) is 0 Å². The van der Waals surface area contributed by atoms with Gasteiger partial charge in [0.15, 0.2) is 5.96 Å². The SMILES string of the molecule is CCNC(=NCC1(c2cccc(C(F)(F)F)c2)CCC1)NCCn1ccnc1.I. The Labute approximate surface area is 186 Å². The van der Waals surface area contributed by atoms with Crippen molar-refractivity contribution in [3.8, 4) is 0 Å². The minimum Gasteiger partial charge on any atom is -0.357 e. The summed E-state index contributed by atoms with van der Waals surface area (Å²) in [5.74, 6) is 0.681. The Morgan fingerprint density at radius 3 is 2.66 bits per heavy atom. The van der Waals surface area contributed by atoms with Crippen molar-refractivity contribution in [3.05, 3.63) is 54.1 Å². The molecule has 0 saturated heterocycles. The molecular weight excluding hydrogens is 494 g/mol. The Morgan fingerprint density at radius 1 is 1.28 bits per heavy atom. The van der Waals surface area contributed by atoms with Gasteiger partial charge < -0.3 is 15.2 Å². The molecule has 0 amide bonds. The average molecular weight is 521 g/mol. The molecule has 1 saturated carbocycles. The molecule has 3 rings (SSSR count). The van der Waals surface area contributed by atoms with E-state index in [1.807, 2.05) is 17.7 Å². The van der Waals surface area contributed by atoms with Gasteiger partial charge in [0.05, 0.1) is 18.4 Å². The summed E-state index contributed by atoms with van der Waals surface area (Å²) >= 11 is 0. The van der Waals surface area contributed by atoms with Crippen molar-refractivity contribution in [2.24, 2.45) is 4.99 Å². The zero-order valence-corrected chi connectivity index (χ0v) is 18.7. The highest BCUT2D eigenvalue weighted by Gasteiger charge is 2.40. The third kappa shape index (κ3) is 6.10. The van der Waals surface area contributed by atoms with Crippen molar-refractivity contribution in [1.82, 2.24) is 20.2 Å². The van der Waals surface area contributed by atoms with Crippen LogP contribution in [0.15, 0.2) is 48.0 Å². The molecule has 0 aliphatic heterocycles. The molecule has 9 heteroatoms. The highest BCUT2D eigenvalue weighted by molar-refractivity contribution is 14.0. The number of hydrogen-bond acceptors (Lipinski definition) is 2. The van der Waals surface area contributed by atoms with Gasteiger partial charge in [-0.15, -0.1) is 24.0 Å². The average Bonchev–Trinajstić information content (AvgIpc) is 3.14. The van der Waals surface area contributed by atoms with Gasteiger partial charge in [-0.25, -0.2) is 4.98 Å². The number of nitrogens with one attached hydrogen (secondary N) is 2. The lowest BCUT2D eigenvalue weighted by molar-refractivity contribution is -0.137. The van der Waals surface area contributed by atoms with Gasteiger partial charge in [0.25, 0.3) is 0 Å². The van der Waals surface area contributed by atoms with Crippen LogP contribution in [0.3, 0.4) is 0 Å². The summed E-state index contributed by atoms with van der Waals surface area (Å²) in [6, 6.07) is 5.70. The van der Waals surface area contributed by atoms with E-state index in [9.17, 15) is 13.2 Å². The van der Waals surface area contributed by atoms with Crippen LogP contribution in [-0.2, 0) is 18.1 Å². The van der Waals surface area contributed by atoms with E-state index in [2.05, 4.69) is 20.6 Å². The maximum absolute atomic E-state index is 13.1. The maximum atomic E-state index is 13.1. The van der Waals surface area contributed by atoms with Gasteiger partial charge in [-0.05, 0) is 31.4 Å². The summed E-state index contributed by atoms with van der Waals surface area (Å²) < 4.78 is 41.2. The number of hydrogen-bond donors (Lipinski definition) is 2. The standard InChI is InChI=1S/C20H26F3N5.HI/c1-2-25-18(26-10-12-28-11-9-24-15-28)27-14-19(7-4-8-19)16-5-3-6-17(13-16)20(21,22)23;/h3,5-6,9,11,13,15H,2,4,7-8,10,12,14H2,1H3,(H2,25,26,27);1H. The summed E-state index contributed by atoms with van der Waals surface area (Å²) in [7, 11) is 0. The second kappa shape index (κ2) is 10.3. The van der Waals surface area contributed by atoms with Crippen molar-refractivity contribution >= 4 is 29.9 Å². The molecule has 1 aliphatic rings. The van der Waals surface area contributed by atoms with Crippen LogP contribution in [0, 0.1) is 0 Å². The number of imidazole rings is 1. The normalized spacial score (nSPS) is 15.9. The fourth-order valence-electron chi connectivity index (χ4n) is 3.46. The first-order chi connectivity index (χ1) is 13.4. The molecule has 160 valence electrons. The van der Waals surface area contributed by atoms with E-state index in [4.69, 9.17) is 0 Å². The molecule has 1 aliphatic carbocycles. The monoisotopic (exact) mass is 521 g/mol. The number of aromatic nitrogens is 2. The largest absolute Gasteiger partial charge is 0.416 e. The topological polar surface area (TPSA) is 54.2 Å². The molecule has 1 aromatic heterocycles. The van der Waals surface area contributed by atoms with Gasteiger partial charge in [0.2, 0.25) is 0 Å². The summed E-state index contributed by atoms with van der Waals surface area (Å²) in [4.78, 5) is 8.69. The third-order valence-corrected chi connectivity index (χ3v) is 5.22. The Hall–Kier alpha value is -1.78. The predicted octanol–water partition coefficient (Wildman–Crippen LogP) is 4.20. The van der Waals surface area contributed by atoms with Crippen LogP contribution >= 0.6 is 24.0 Å². The lowest BCUT2D eigenvalue weighted by atomic mass is 9.64. The summed E-state index contributed by atoms with van der Waals surface area (Å²) in [6.45, 7) is 4.60. The Kier molecular flexibility index (Phi) is 8.35. The van der Waals surface area contributed by atoms with E-state index in [0.717, 1.165) is 37.4 Å². The number of nitrogens with zero attached hydrogens (tertiary/aromatic N) is 3. The number of aliphatic imine (C=N–C) groups is 1. The summed E-state index contributed by atoms with van der Waals surface area (Å²) in [6.07, 6.45) is 3.77. The molecular formula is C20H27F3IN5. The molecule has 0 radical (unpaired) electrons. The molecule has 1 fully saturated rings. The second-order valence-corrected chi connectivity index (χ2v) is 7.13. The van der Waals surface area contributed by atoms with Crippen LogP contribution in [0.4, 0.5) is 13.2 Å². The van der Waals surface area contributed by atoms with Crippen LogP contribution in [0.25, 0.3) is 0 Å². The van der Waals surface area contributed by atoms with Gasteiger partial charge in [-0.2, -0.15) is 13.2 Å². The molecule has 29 heavy (non-hydrogen) atoms. The molecule has 2 N–H and O–H groups in total. The molecule has 0 spiro atoms. The molecule has 5 nitrogen and oxygen atoms in total. The summed E-state index contributed by atoms with van der Waals surface area (Å²) in [5, 5.41) is 6.48. The Balaban J connectivity index is 0.00000300. The number of alkyl halides is 3. The highest BCUT2D eigenvalue weighted by atomic mass is 127. The summed E-state index contributed by atoms with van der Waals surface area (Å²) in [5.41, 5.74) is -0.175. The molecule has 1 aromatic carbocycles. The lowest BCUT2D eigenvalue weighted by Crippen LogP contribution is -2.42. The van der Waals surface area contributed by atoms with E-state index < -0.39 is 11.7 Å². The first kappa shape index (κ1) is 23.5. The minimum absolute atomic E-state index is 0. The zero-order chi connectivity index (χ0) is 20.0. The van der Waals surface area contributed by atoms with Crippen LogP contribution in [0.1, 0.15) is 37.3 Å². The van der Waals surface area contributed by atoms with Crippen LogP contribution in [-0.4, -0.2) is 35.1 Å². The molecule has 0 bridgehead atoms. The molecule has 1 heterocycles. The Morgan fingerprint density at radius 2 is 2.07 bits per heavy atom. The van der Waals surface area contributed by atoms with E-state index in [-0.39, 0.29) is 29.4 Å². The number of halogens is 4. The van der Waals surface area contributed by atoms with Gasteiger partial charge in [0, 0.05) is 37.4 Å². The van der Waals surface area contributed by atoms with E-state index in [1.54, 1.807) is 18.6 Å². The van der Waals surface area contributed by atoms with Crippen molar-refractivity contribution in [3.63, 3.8) is 0 Å². The molecule has 2 aromatic rings. The van der Waals surface area contributed by atoms with Gasteiger partial charge in [-0.3, -0.25) is 4.99 Å². The second-order valence-electron chi connectivity index (χ2n) is 7.13. The minimum atomic E-state index is -4.33. The smallest absolute Gasteiger partial charge is 0.357 e. The Bertz CT molecular complexity index is 786. The maximum Gasteiger partial charge on any atom is 0.416 e. The van der Waals surface area contributed by atoms with Gasteiger partial charge in [0.1, 0.15) is 0 Å². The van der Waals surface area contributed by atoms with E-state index >= 15 is 0 Å². The lowest BCUT2D eigenvalue weighted by Gasteiger charge is -2.41. The fraction of sp³-hybridized carbons (Fsp3) is 0.500. The van der Waals surface area contributed by atoms with Gasteiger partial charge >= 0.3 is 6.18 Å². The van der Waals surface area contributed by atoms with Crippen molar-refractivity contribution in [2.75, 3.05) is 19.6 Å². The quantitative estimate of drug-likeness (QED) is 0.327. The van der Waals surface area contributed by atoms with Crippen molar-refractivity contribution < 1.29 is 13.2 Å². The predicted molar refractivity (Wildman–Crippen MR) is 119 cm³/mol. The van der Waals surface area contributed by atoms with Crippen molar-refractivity contribution in [2.45, 2.75) is 44.3 Å². The number of benzene rings is 1. The van der Waals surface area contributed by atoms with Crippen LogP contribution in [0.5, 0.6) is 0 Å². The first-order valence-corrected chi connectivity index (χ1v) is 9.59. The fourth-order valence-corrected chi connectivity index (χ4v) is 3.46. The van der Waals surface area contributed by atoms with E-state index in [1.165, 1.54) is 12.1 Å². The number of guanidine groups is 1. The van der Waals surface area contributed by atoms with E-state index in [0.29, 0.717) is 25.6 Å². The third-order valence-electron chi connectivity index (χ3n) is 5.22. The van der Waals surface area contributed by atoms with Crippen molar-refractivity contribution in [1.29, 1.82) is 0 Å². The van der Waals surface area contributed by atoms with Crippen LogP contribution < -0.4 is 10.6 Å². The molecule has 0 unspecified atom stereocenters.